The number of nitrogens with one attached hydrogen (secondary N) is 1. The molecule has 0 unspecified atom stereocenters. The van der Waals surface area contributed by atoms with Crippen LogP contribution in [0.25, 0.3) is 0 Å². The smallest absolute Gasteiger partial charge is 0.198 e. The van der Waals surface area contributed by atoms with E-state index in [0.29, 0.717) is 5.41 Å². The zero-order valence-electron chi connectivity index (χ0n) is 14.8. The van der Waals surface area contributed by atoms with Gasteiger partial charge in [0.15, 0.2) is 5.96 Å². The van der Waals surface area contributed by atoms with Crippen LogP contribution >= 0.6 is 35.3 Å². The minimum absolute atomic E-state index is 0. The van der Waals surface area contributed by atoms with Crippen LogP contribution in [0, 0.1) is 6.92 Å². The highest BCUT2D eigenvalue weighted by Crippen LogP contribution is 2.50. The largest absolute Gasteiger partial charge is 0.349 e. The molecule has 1 aromatic carbocycles. The summed E-state index contributed by atoms with van der Waals surface area (Å²) < 4.78 is 0. The Morgan fingerprint density at radius 2 is 2.08 bits per heavy atom. The molecule has 1 aliphatic heterocycles. The van der Waals surface area contributed by atoms with Crippen LogP contribution in [0.1, 0.15) is 41.1 Å². The lowest BCUT2D eigenvalue weighted by molar-refractivity contribution is 0.478. The lowest BCUT2D eigenvalue weighted by Gasteiger charge is -2.26. The highest BCUT2D eigenvalue weighted by atomic mass is 127. The van der Waals surface area contributed by atoms with E-state index in [0.717, 1.165) is 24.1 Å². The first kappa shape index (κ1) is 18.6. The predicted octanol–water partition coefficient (Wildman–Crippen LogP) is 4.48. The molecule has 1 spiro atoms. The fourth-order valence-electron chi connectivity index (χ4n) is 4.23. The highest BCUT2D eigenvalue weighted by molar-refractivity contribution is 14.0. The van der Waals surface area contributed by atoms with Gasteiger partial charge in [-0.3, -0.25) is 4.99 Å². The van der Waals surface area contributed by atoms with Gasteiger partial charge in [-0.25, -0.2) is 4.98 Å². The van der Waals surface area contributed by atoms with Crippen LogP contribution in [-0.2, 0) is 12.0 Å². The Morgan fingerprint density at radius 3 is 2.76 bits per heavy atom. The normalized spacial score (nSPS) is 18.3. The van der Waals surface area contributed by atoms with Gasteiger partial charge in [-0.15, -0.1) is 35.3 Å². The van der Waals surface area contributed by atoms with E-state index in [1.165, 1.54) is 41.8 Å². The third kappa shape index (κ3) is 3.43. The molecule has 1 N–H and O–H groups in total. The molecule has 1 aromatic heterocycles. The number of guanidine groups is 1. The van der Waals surface area contributed by atoms with Gasteiger partial charge in [-0.05, 0) is 31.4 Å². The molecule has 0 atom stereocenters. The summed E-state index contributed by atoms with van der Waals surface area (Å²) in [6, 6.07) is 8.87. The number of halogens is 1. The number of aliphatic imine (C=N–C) groups is 1. The van der Waals surface area contributed by atoms with Crippen molar-refractivity contribution in [1.82, 2.24) is 10.3 Å². The lowest BCUT2D eigenvalue weighted by Crippen LogP contribution is -2.43. The lowest BCUT2D eigenvalue weighted by atomic mass is 9.81. The third-order valence-corrected chi connectivity index (χ3v) is 6.23. The van der Waals surface area contributed by atoms with Gasteiger partial charge in [-0.2, -0.15) is 0 Å². The molecular formula is C19H25IN4S. The standard InChI is InChI=1S/C19H24N4S.HI/c1-14-11-21-17(24-14)12-22-18(20-2)23-13-19(9-5-6-10-19)15-7-3-4-8-16(15)23;/h3-4,7-8,11H,5-6,9-10,12-13H2,1-2H3,(H,20,22);1H. The molecule has 6 heteroatoms. The van der Waals surface area contributed by atoms with Gasteiger partial charge >= 0.3 is 0 Å². The van der Waals surface area contributed by atoms with E-state index in [-0.39, 0.29) is 24.0 Å². The van der Waals surface area contributed by atoms with E-state index >= 15 is 0 Å². The number of hydrogen-bond donors (Lipinski definition) is 1. The van der Waals surface area contributed by atoms with E-state index in [2.05, 4.69) is 51.4 Å². The van der Waals surface area contributed by atoms with Gasteiger partial charge < -0.3 is 10.2 Å². The van der Waals surface area contributed by atoms with Crippen molar-refractivity contribution in [2.24, 2.45) is 4.99 Å². The van der Waals surface area contributed by atoms with Gasteiger partial charge in [0.2, 0.25) is 0 Å². The molecular weight excluding hydrogens is 443 g/mol. The van der Waals surface area contributed by atoms with E-state index in [1.54, 1.807) is 11.3 Å². The molecule has 4 nitrogen and oxygen atoms in total. The summed E-state index contributed by atoms with van der Waals surface area (Å²) in [7, 11) is 1.87. The average molecular weight is 468 g/mol. The van der Waals surface area contributed by atoms with Crippen molar-refractivity contribution in [3.8, 4) is 0 Å². The van der Waals surface area contributed by atoms with E-state index < -0.39 is 0 Å². The number of fused-ring (bicyclic) bond motifs is 2. The molecule has 2 aromatic rings. The molecule has 1 saturated carbocycles. The van der Waals surface area contributed by atoms with Crippen molar-refractivity contribution in [3.05, 3.63) is 45.9 Å². The number of aromatic nitrogens is 1. The third-order valence-electron chi connectivity index (χ3n) is 5.32. The number of rotatable bonds is 2. The average Bonchev–Trinajstić information content (AvgIpc) is 3.31. The first-order valence-electron chi connectivity index (χ1n) is 8.71. The minimum atomic E-state index is 0. The molecule has 25 heavy (non-hydrogen) atoms. The summed E-state index contributed by atoms with van der Waals surface area (Å²) in [5, 5.41) is 4.62. The Kier molecular flexibility index (Phi) is 5.68. The Morgan fingerprint density at radius 1 is 1.32 bits per heavy atom. The maximum atomic E-state index is 4.55. The molecule has 0 saturated heterocycles. The van der Waals surface area contributed by atoms with E-state index in [1.807, 2.05) is 13.2 Å². The summed E-state index contributed by atoms with van der Waals surface area (Å²) >= 11 is 1.74. The molecule has 0 radical (unpaired) electrons. The second-order valence-electron chi connectivity index (χ2n) is 6.86. The van der Waals surface area contributed by atoms with Crippen LogP contribution in [0.4, 0.5) is 5.69 Å². The van der Waals surface area contributed by atoms with Gasteiger partial charge in [0.25, 0.3) is 0 Å². The van der Waals surface area contributed by atoms with Crippen molar-refractivity contribution in [2.75, 3.05) is 18.5 Å². The van der Waals surface area contributed by atoms with Crippen molar-refractivity contribution in [3.63, 3.8) is 0 Å². The zero-order valence-corrected chi connectivity index (χ0v) is 17.9. The maximum absolute atomic E-state index is 4.55. The van der Waals surface area contributed by atoms with Gasteiger partial charge in [-0.1, -0.05) is 31.0 Å². The van der Waals surface area contributed by atoms with Crippen LogP contribution in [-0.4, -0.2) is 24.5 Å². The Bertz CT molecular complexity index is 764. The summed E-state index contributed by atoms with van der Waals surface area (Å²) in [4.78, 5) is 12.6. The van der Waals surface area contributed by atoms with Crippen molar-refractivity contribution < 1.29 is 0 Å². The van der Waals surface area contributed by atoms with Crippen LogP contribution in [0.5, 0.6) is 0 Å². The molecule has 4 rings (SSSR count). The number of benzene rings is 1. The van der Waals surface area contributed by atoms with Crippen LogP contribution in [0.3, 0.4) is 0 Å². The van der Waals surface area contributed by atoms with Gasteiger partial charge in [0.05, 0.1) is 6.54 Å². The fraction of sp³-hybridized carbons (Fsp3) is 0.474. The van der Waals surface area contributed by atoms with Gasteiger partial charge in [0, 0.05) is 35.8 Å². The molecule has 2 aliphatic rings. The molecule has 0 bridgehead atoms. The number of hydrogen-bond acceptors (Lipinski definition) is 3. The number of aryl methyl sites for hydroxylation is 1. The molecule has 1 fully saturated rings. The number of anilines is 1. The predicted molar refractivity (Wildman–Crippen MR) is 116 cm³/mol. The van der Waals surface area contributed by atoms with Crippen LogP contribution < -0.4 is 10.2 Å². The maximum Gasteiger partial charge on any atom is 0.198 e. The number of thiazole rings is 1. The zero-order chi connectivity index (χ0) is 16.6. The fourth-order valence-corrected chi connectivity index (χ4v) is 4.96. The summed E-state index contributed by atoms with van der Waals surface area (Å²) in [5.74, 6) is 0.957. The topological polar surface area (TPSA) is 40.5 Å². The van der Waals surface area contributed by atoms with Crippen LogP contribution in [0.15, 0.2) is 35.5 Å². The first-order valence-corrected chi connectivity index (χ1v) is 9.52. The molecule has 134 valence electrons. The number of nitrogens with zero attached hydrogens (tertiary/aromatic N) is 3. The second kappa shape index (κ2) is 7.61. The van der Waals surface area contributed by atoms with Crippen molar-refractivity contribution >= 4 is 47.0 Å². The number of para-hydroxylation sites is 1. The highest BCUT2D eigenvalue weighted by Gasteiger charge is 2.45. The van der Waals surface area contributed by atoms with Crippen molar-refractivity contribution in [2.45, 2.75) is 44.6 Å². The summed E-state index contributed by atoms with van der Waals surface area (Å²) in [6.07, 6.45) is 7.20. The second-order valence-corrected chi connectivity index (χ2v) is 8.18. The monoisotopic (exact) mass is 468 g/mol. The Balaban J connectivity index is 0.00000182. The van der Waals surface area contributed by atoms with Gasteiger partial charge in [0.1, 0.15) is 5.01 Å². The first-order chi connectivity index (χ1) is 11.7. The summed E-state index contributed by atoms with van der Waals surface area (Å²) in [5.41, 5.74) is 3.16. The molecule has 2 heterocycles. The molecule has 0 amide bonds. The van der Waals surface area contributed by atoms with Crippen LogP contribution in [0.2, 0.25) is 0 Å². The molecule has 1 aliphatic carbocycles. The summed E-state index contributed by atoms with van der Waals surface area (Å²) in [6.45, 7) is 3.87. The minimum Gasteiger partial charge on any atom is -0.349 e. The quantitative estimate of drug-likeness (QED) is 0.402. The van der Waals surface area contributed by atoms with E-state index in [4.69, 9.17) is 0 Å². The Labute approximate surface area is 170 Å². The Hall–Kier alpha value is -1.15. The SMILES string of the molecule is CN=C(NCc1ncc(C)s1)N1CC2(CCCC2)c2ccccc21.I. The van der Waals surface area contributed by atoms with E-state index in [9.17, 15) is 0 Å². The van der Waals surface area contributed by atoms with Crippen molar-refractivity contribution in [1.29, 1.82) is 0 Å².